The molecule has 6 heteroatoms. The van der Waals surface area contributed by atoms with Crippen LogP contribution in [0.25, 0.3) is 0 Å². The number of rotatable bonds is 6. The van der Waals surface area contributed by atoms with Crippen LogP contribution in [0.4, 0.5) is 0 Å². The first kappa shape index (κ1) is 18.5. The summed E-state index contributed by atoms with van der Waals surface area (Å²) in [5, 5.41) is 2.81. The van der Waals surface area contributed by atoms with Gasteiger partial charge in [0.15, 0.2) is 11.9 Å². The van der Waals surface area contributed by atoms with Crippen molar-refractivity contribution in [3.05, 3.63) is 29.8 Å². The molecule has 1 saturated carbocycles. The Morgan fingerprint density at radius 1 is 1.29 bits per heavy atom. The summed E-state index contributed by atoms with van der Waals surface area (Å²) < 4.78 is 5.40. The molecule has 1 amide bonds. The molecule has 0 unspecified atom stereocenters. The molecule has 5 nitrogen and oxygen atoms in total. The summed E-state index contributed by atoms with van der Waals surface area (Å²) in [6.07, 6.45) is 2.20. The van der Waals surface area contributed by atoms with Crippen molar-refractivity contribution in [3.63, 3.8) is 0 Å². The molecule has 1 atom stereocenters. The van der Waals surface area contributed by atoms with E-state index >= 15 is 0 Å². The van der Waals surface area contributed by atoms with E-state index in [9.17, 15) is 14.4 Å². The van der Waals surface area contributed by atoms with E-state index in [1.165, 1.54) is 11.8 Å². The molecular weight excluding hydrogens is 326 g/mol. The van der Waals surface area contributed by atoms with E-state index in [-0.39, 0.29) is 23.5 Å². The minimum Gasteiger partial charge on any atom is -0.451 e. The Labute approximate surface area is 146 Å². The van der Waals surface area contributed by atoms with Crippen molar-refractivity contribution in [2.45, 2.75) is 56.6 Å². The van der Waals surface area contributed by atoms with Crippen molar-refractivity contribution in [1.29, 1.82) is 0 Å². The molecule has 130 valence electrons. The summed E-state index contributed by atoms with van der Waals surface area (Å²) in [5.41, 5.74) is 0.401. The van der Waals surface area contributed by atoms with E-state index in [0.717, 1.165) is 12.8 Å². The van der Waals surface area contributed by atoms with Gasteiger partial charge in [-0.1, -0.05) is 12.1 Å². The molecule has 1 fully saturated rings. The summed E-state index contributed by atoms with van der Waals surface area (Å²) in [5.74, 6) is -0.357. The molecule has 0 aromatic heterocycles. The third-order valence-corrected chi connectivity index (χ3v) is 4.74. The molecule has 0 spiro atoms. The number of thioether (sulfide) groups is 1. The maximum absolute atomic E-state index is 12.4. The van der Waals surface area contributed by atoms with Gasteiger partial charge >= 0.3 is 5.97 Å². The van der Waals surface area contributed by atoms with E-state index in [4.69, 9.17) is 4.74 Å². The SMILES string of the molecule is CC(C)NC(=O)CSc1ccccc1C(=O)O[C@@H]1CCCCC1=O. The van der Waals surface area contributed by atoms with E-state index in [0.29, 0.717) is 23.3 Å². The van der Waals surface area contributed by atoms with Gasteiger partial charge in [0.1, 0.15) is 0 Å². The fourth-order valence-corrected chi connectivity index (χ4v) is 3.39. The number of ketones is 1. The lowest BCUT2D eigenvalue weighted by Gasteiger charge is -2.21. The number of esters is 1. The number of hydrogen-bond acceptors (Lipinski definition) is 5. The minimum absolute atomic E-state index is 0.00366. The fourth-order valence-electron chi connectivity index (χ4n) is 2.54. The molecule has 1 aliphatic rings. The van der Waals surface area contributed by atoms with Gasteiger partial charge in [-0.15, -0.1) is 11.8 Å². The van der Waals surface area contributed by atoms with Crippen LogP contribution in [0.15, 0.2) is 29.2 Å². The molecule has 1 N–H and O–H groups in total. The summed E-state index contributed by atoms with van der Waals surface area (Å²) in [7, 11) is 0. The molecule has 0 bridgehead atoms. The van der Waals surface area contributed by atoms with Gasteiger partial charge in [-0.2, -0.15) is 0 Å². The summed E-state index contributed by atoms with van der Waals surface area (Å²) in [6.45, 7) is 3.80. The van der Waals surface area contributed by atoms with Gasteiger partial charge in [0.25, 0.3) is 0 Å². The van der Waals surface area contributed by atoms with Crippen LogP contribution in [-0.2, 0) is 14.3 Å². The lowest BCUT2D eigenvalue weighted by atomic mass is 9.96. The number of nitrogens with one attached hydrogen (secondary N) is 1. The molecule has 0 radical (unpaired) electrons. The zero-order valence-corrected chi connectivity index (χ0v) is 14.9. The molecule has 2 rings (SSSR count). The quantitative estimate of drug-likeness (QED) is 0.631. The predicted molar refractivity (Wildman–Crippen MR) is 93.1 cm³/mol. The third-order valence-electron chi connectivity index (χ3n) is 3.66. The number of benzene rings is 1. The maximum atomic E-state index is 12.4. The Morgan fingerprint density at radius 2 is 2.04 bits per heavy atom. The number of amides is 1. The first-order valence-corrected chi connectivity index (χ1v) is 9.21. The number of hydrogen-bond donors (Lipinski definition) is 1. The van der Waals surface area contributed by atoms with E-state index in [2.05, 4.69) is 5.32 Å². The molecule has 1 aliphatic carbocycles. The van der Waals surface area contributed by atoms with E-state index in [1.54, 1.807) is 18.2 Å². The Kier molecular flexibility index (Phi) is 6.85. The molecule has 1 aromatic carbocycles. The van der Waals surface area contributed by atoms with Crippen LogP contribution in [0.3, 0.4) is 0 Å². The van der Waals surface area contributed by atoms with Crippen LogP contribution in [0, 0.1) is 0 Å². The Balaban J connectivity index is 2.00. The molecule has 0 heterocycles. The lowest BCUT2D eigenvalue weighted by Crippen LogP contribution is -2.31. The van der Waals surface area contributed by atoms with Crippen molar-refractivity contribution in [2.75, 3.05) is 5.75 Å². The molecule has 1 aromatic rings. The van der Waals surface area contributed by atoms with Crippen molar-refractivity contribution >= 4 is 29.4 Å². The maximum Gasteiger partial charge on any atom is 0.339 e. The second-order valence-corrected chi connectivity index (χ2v) is 7.13. The molecular formula is C18H23NO4S. The van der Waals surface area contributed by atoms with Crippen LogP contribution >= 0.6 is 11.8 Å². The average molecular weight is 349 g/mol. The van der Waals surface area contributed by atoms with Gasteiger partial charge in [-0.3, -0.25) is 9.59 Å². The topological polar surface area (TPSA) is 72.5 Å². The first-order valence-electron chi connectivity index (χ1n) is 8.22. The summed E-state index contributed by atoms with van der Waals surface area (Å²) in [4.78, 5) is 36.7. The monoisotopic (exact) mass is 349 g/mol. The van der Waals surface area contributed by atoms with Crippen LogP contribution < -0.4 is 5.32 Å². The zero-order chi connectivity index (χ0) is 17.5. The van der Waals surface area contributed by atoms with Crippen LogP contribution in [0.2, 0.25) is 0 Å². The number of carbonyl (C=O) groups is 3. The van der Waals surface area contributed by atoms with Crippen molar-refractivity contribution in [1.82, 2.24) is 5.32 Å². The second-order valence-electron chi connectivity index (χ2n) is 6.11. The van der Waals surface area contributed by atoms with Gasteiger partial charge in [0.2, 0.25) is 5.91 Å². The minimum atomic E-state index is -0.631. The predicted octanol–water partition coefficient (Wildman–Crippen LogP) is 2.97. The van der Waals surface area contributed by atoms with Gasteiger partial charge in [-0.05, 0) is 45.2 Å². The average Bonchev–Trinajstić information content (AvgIpc) is 2.54. The number of Topliss-reactive ketones (excluding diaryl/α,β-unsaturated/α-hetero) is 1. The molecule has 0 aliphatic heterocycles. The Hall–Kier alpha value is -1.82. The normalized spacial score (nSPS) is 17.6. The van der Waals surface area contributed by atoms with Crippen LogP contribution in [0.1, 0.15) is 49.9 Å². The second kappa shape index (κ2) is 8.87. The standard InChI is InChI=1S/C18H23NO4S/c1-12(2)19-17(21)11-24-16-10-6-3-7-13(16)18(22)23-15-9-5-4-8-14(15)20/h3,6-7,10,12,15H,4-5,8-9,11H2,1-2H3,(H,19,21)/t15-/m1/s1. The first-order chi connectivity index (χ1) is 11.5. The summed E-state index contributed by atoms with van der Waals surface area (Å²) in [6, 6.07) is 7.09. The third kappa shape index (κ3) is 5.37. The van der Waals surface area contributed by atoms with Crippen LogP contribution in [-0.4, -0.2) is 35.6 Å². The lowest BCUT2D eigenvalue weighted by molar-refractivity contribution is -0.130. The highest BCUT2D eigenvalue weighted by Crippen LogP contribution is 2.25. The number of ether oxygens (including phenoxy) is 1. The van der Waals surface area contributed by atoms with Gasteiger partial charge in [0, 0.05) is 17.4 Å². The fraction of sp³-hybridized carbons (Fsp3) is 0.500. The highest BCUT2D eigenvalue weighted by Gasteiger charge is 2.27. The van der Waals surface area contributed by atoms with Gasteiger partial charge in [0.05, 0.1) is 11.3 Å². The summed E-state index contributed by atoms with van der Waals surface area (Å²) >= 11 is 1.29. The van der Waals surface area contributed by atoms with Crippen molar-refractivity contribution in [3.8, 4) is 0 Å². The zero-order valence-electron chi connectivity index (χ0n) is 14.0. The van der Waals surface area contributed by atoms with Gasteiger partial charge < -0.3 is 10.1 Å². The Morgan fingerprint density at radius 3 is 2.75 bits per heavy atom. The van der Waals surface area contributed by atoms with Gasteiger partial charge in [-0.25, -0.2) is 4.79 Å². The van der Waals surface area contributed by atoms with E-state index < -0.39 is 12.1 Å². The molecule has 0 saturated heterocycles. The number of carbonyl (C=O) groups excluding carboxylic acids is 3. The highest BCUT2D eigenvalue weighted by molar-refractivity contribution is 8.00. The van der Waals surface area contributed by atoms with Crippen molar-refractivity contribution in [2.24, 2.45) is 0 Å². The Bertz CT molecular complexity index is 615. The molecule has 24 heavy (non-hydrogen) atoms. The van der Waals surface area contributed by atoms with Crippen molar-refractivity contribution < 1.29 is 19.1 Å². The largest absolute Gasteiger partial charge is 0.451 e. The highest BCUT2D eigenvalue weighted by atomic mass is 32.2. The van der Waals surface area contributed by atoms with E-state index in [1.807, 2.05) is 19.9 Å². The smallest absolute Gasteiger partial charge is 0.339 e. The van der Waals surface area contributed by atoms with Crippen LogP contribution in [0.5, 0.6) is 0 Å².